The third-order valence-electron chi connectivity index (χ3n) is 2.50. The van der Waals surface area contributed by atoms with E-state index in [0.717, 1.165) is 17.2 Å². The predicted octanol–water partition coefficient (Wildman–Crippen LogP) is 3.99. The monoisotopic (exact) mass is 224 g/mol. The average molecular weight is 224 g/mol. The van der Waals surface area contributed by atoms with Gasteiger partial charge in [0.05, 0.1) is 0 Å². The van der Waals surface area contributed by atoms with E-state index in [0.29, 0.717) is 0 Å². The number of hydrogen-bond acceptors (Lipinski definition) is 2. The Kier molecular flexibility index (Phi) is 3.46. The topological polar surface area (TPSA) is 24.1 Å². The molecule has 0 aliphatic heterocycles. The van der Waals surface area contributed by atoms with Crippen LogP contribution in [0.1, 0.15) is 5.56 Å². The molecule has 0 aliphatic carbocycles. The molecular weight excluding hydrogens is 208 g/mol. The van der Waals surface area contributed by atoms with Crippen molar-refractivity contribution in [2.24, 2.45) is 0 Å². The van der Waals surface area contributed by atoms with E-state index in [9.17, 15) is 0 Å². The molecule has 86 valence electrons. The summed E-state index contributed by atoms with van der Waals surface area (Å²) in [5, 5.41) is 6.47. The summed E-state index contributed by atoms with van der Waals surface area (Å²) in [5.41, 5.74) is 3.29. The summed E-state index contributed by atoms with van der Waals surface area (Å²) in [7, 11) is 0. The van der Waals surface area contributed by atoms with Gasteiger partial charge in [0.2, 0.25) is 0 Å². The van der Waals surface area contributed by atoms with Gasteiger partial charge in [-0.05, 0) is 30.7 Å². The fourth-order valence-corrected chi connectivity index (χ4v) is 1.60. The van der Waals surface area contributed by atoms with E-state index >= 15 is 0 Å². The number of hydrogen-bond donors (Lipinski definition) is 2. The van der Waals surface area contributed by atoms with Gasteiger partial charge in [0.15, 0.2) is 0 Å². The van der Waals surface area contributed by atoms with Crippen LogP contribution < -0.4 is 10.6 Å². The van der Waals surface area contributed by atoms with Crippen molar-refractivity contribution in [3.8, 4) is 0 Å². The Morgan fingerprint density at radius 1 is 0.882 bits per heavy atom. The Hall–Kier alpha value is -2.22. The first-order valence-corrected chi connectivity index (χ1v) is 5.59. The molecule has 0 radical (unpaired) electrons. The van der Waals surface area contributed by atoms with Crippen LogP contribution in [0.25, 0.3) is 0 Å². The Balaban J connectivity index is 2.01. The Morgan fingerprint density at radius 3 is 2.24 bits per heavy atom. The summed E-state index contributed by atoms with van der Waals surface area (Å²) in [5.74, 6) is 0.769. The second kappa shape index (κ2) is 5.21. The molecule has 0 saturated heterocycles. The van der Waals surface area contributed by atoms with Gasteiger partial charge in [0.1, 0.15) is 5.82 Å². The molecule has 2 rings (SSSR count). The summed E-state index contributed by atoms with van der Waals surface area (Å²) < 4.78 is 0. The summed E-state index contributed by atoms with van der Waals surface area (Å²) in [4.78, 5) is 0. The highest BCUT2D eigenvalue weighted by atomic mass is 15.1. The van der Waals surface area contributed by atoms with Crippen molar-refractivity contribution in [1.82, 2.24) is 0 Å². The second-order valence-electron chi connectivity index (χ2n) is 3.91. The number of anilines is 2. The molecule has 2 aromatic rings. The molecule has 2 aromatic carbocycles. The maximum atomic E-state index is 3.96. The van der Waals surface area contributed by atoms with Crippen LogP contribution in [0, 0.1) is 6.92 Å². The maximum Gasteiger partial charge on any atom is 0.100 e. The van der Waals surface area contributed by atoms with Crippen LogP contribution in [-0.4, -0.2) is 0 Å². The standard InChI is InChI=1S/C15H16N2/c1-12-8-6-7-11-15(12)17-13(2)16-14-9-4-3-5-10-14/h3-11,16-17H,2H2,1H3. The predicted molar refractivity (Wildman–Crippen MR) is 74.0 cm³/mol. The number of nitrogens with one attached hydrogen (secondary N) is 2. The number of para-hydroxylation sites is 2. The summed E-state index contributed by atoms with van der Waals surface area (Å²) in [6.45, 7) is 6.03. The zero-order chi connectivity index (χ0) is 12.1. The molecule has 0 unspecified atom stereocenters. The Bertz CT molecular complexity index is 503. The van der Waals surface area contributed by atoms with Crippen LogP contribution in [0.2, 0.25) is 0 Å². The van der Waals surface area contributed by atoms with Gasteiger partial charge in [0, 0.05) is 11.4 Å². The number of rotatable bonds is 4. The van der Waals surface area contributed by atoms with Gasteiger partial charge in [-0.3, -0.25) is 0 Å². The van der Waals surface area contributed by atoms with Crippen LogP contribution in [0.5, 0.6) is 0 Å². The van der Waals surface area contributed by atoms with E-state index in [2.05, 4.69) is 30.2 Å². The molecule has 0 heterocycles. The second-order valence-corrected chi connectivity index (χ2v) is 3.91. The van der Waals surface area contributed by atoms with E-state index in [-0.39, 0.29) is 0 Å². The van der Waals surface area contributed by atoms with Crippen molar-refractivity contribution in [2.45, 2.75) is 6.92 Å². The summed E-state index contributed by atoms with van der Waals surface area (Å²) >= 11 is 0. The zero-order valence-corrected chi connectivity index (χ0v) is 9.90. The van der Waals surface area contributed by atoms with E-state index < -0.39 is 0 Å². The van der Waals surface area contributed by atoms with E-state index in [4.69, 9.17) is 0 Å². The average Bonchev–Trinajstić information content (AvgIpc) is 2.33. The lowest BCUT2D eigenvalue weighted by Gasteiger charge is -2.13. The molecule has 2 N–H and O–H groups in total. The molecule has 0 aromatic heterocycles. The molecule has 0 atom stereocenters. The van der Waals surface area contributed by atoms with Crippen LogP contribution >= 0.6 is 0 Å². The highest BCUT2D eigenvalue weighted by Gasteiger charge is 1.98. The van der Waals surface area contributed by atoms with E-state index in [1.165, 1.54) is 5.56 Å². The SMILES string of the molecule is C=C(Nc1ccccc1)Nc1ccccc1C. The first-order valence-electron chi connectivity index (χ1n) is 5.59. The first-order chi connectivity index (χ1) is 8.25. The number of benzene rings is 2. The largest absolute Gasteiger partial charge is 0.342 e. The minimum absolute atomic E-state index is 0.769. The lowest BCUT2D eigenvalue weighted by atomic mass is 10.2. The van der Waals surface area contributed by atoms with Crippen molar-refractivity contribution < 1.29 is 0 Å². The van der Waals surface area contributed by atoms with Gasteiger partial charge >= 0.3 is 0 Å². The third-order valence-corrected chi connectivity index (χ3v) is 2.50. The lowest BCUT2D eigenvalue weighted by molar-refractivity contribution is 1.35. The highest BCUT2D eigenvalue weighted by molar-refractivity contribution is 5.58. The molecule has 2 nitrogen and oxygen atoms in total. The Labute approximate surface area is 102 Å². The quantitative estimate of drug-likeness (QED) is 0.820. The Morgan fingerprint density at radius 2 is 1.53 bits per heavy atom. The minimum atomic E-state index is 0.769. The van der Waals surface area contributed by atoms with Crippen molar-refractivity contribution in [2.75, 3.05) is 10.6 Å². The van der Waals surface area contributed by atoms with Crippen molar-refractivity contribution in [3.63, 3.8) is 0 Å². The van der Waals surface area contributed by atoms with Gasteiger partial charge in [-0.15, -0.1) is 0 Å². The fourth-order valence-electron chi connectivity index (χ4n) is 1.60. The summed E-state index contributed by atoms with van der Waals surface area (Å²) in [6, 6.07) is 18.1. The summed E-state index contributed by atoms with van der Waals surface area (Å²) in [6.07, 6.45) is 0. The maximum absolute atomic E-state index is 3.96. The first kappa shape index (κ1) is 11.3. The molecule has 0 spiro atoms. The van der Waals surface area contributed by atoms with Crippen LogP contribution in [0.4, 0.5) is 11.4 Å². The smallest absolute Gasteiger partial charge is 0.100 e. The molecule has 0 saturated carbocycles. The van der Waals surface area contributed by atoms with Crippen molar-refractivity contribution in [1.29, 1.82) is 0 Å². The fraction of sp³-hybridized carbons (Fsp3) is 0.0667. The minimum Gasteiger partial charge on any atom is -0.342 e. The van der Waals surface area contributed by atoms with Gasteiger partial charge in [-0.2, -0.15) is 0 Å². The van der Waals surface area contributed by atoms with Crippen LogP contribution in [0.3, 0.4) is 0 Å². The van der Waals surface area contributed by atoms with Crippen LogP contribution in [0.15, 0.2) is 67.0 Å². The van der Waals surface area contributed by atoms with E-state index in [1.807, 2.05) is 48.5 Å². The number of aryl methyl sites for hydroxylation is 1. The van der Waals surface area contributed by atoms with Gasteiger partial charge in [0.25, 0.3) is 0 Å². The lowest BCUT2D eigenvalue weighted by Crippen LogP contribution is -2.08. The highest BCUT2D eigenvalue weighted by Crippen LogP contribution is 2.16. The van der Waals surface area contributed by atoms with Crippen LogP contribution in [-0.2, 0) is 0 Å². The van der Waals surface area contributed by atoms with Crippen molar-refractivity contribution >= 4 is 11.4 Å². The van der Waals surface area contributed by atoms with E-state index in [1.54, 1.807) is 0 Å². The molecule has 0 bridgehead atoms. The molecule has 2 heteroatoms. The molecule has 0 fully saturated rings. The van der Waals surface area contributed by atoms with Gasteiger partial charge in [-0.1, -0.05) is 43.0 Å². The van der Waals surface area contributed by atoms with Gasteiger partial charge < -0.3 is 10.6 Å². The molecule has 0 aliphatic rings. The normalized spacial score (nSPS) is 9.71. The zero-order valence-electron chi connectivity index (χ0n) is 9.90. The molecule has 0 amide bonds. The molecular formula is C15H16N2. The van der Waals surface area contributed by atoms with Crippen molar-refractivity contribution in [3.05, 3.63) is 72.6 Å². The molecule has 17 heavy (non-hydrogen) atoms. The third kappa shape index (κ3) is 3.11. The van der Waals surface area contributed by atoms with Gasteiger partial charge in [-0.25, -0.2) is 0 Å².